The predicted octanol–water partition coefficient (Wildman–Crippen LogP) is 0.381. The van der Waals surface area contributed by atoms with Crippen molar-refractivity contribution < 1.29 is 18.0 Å². The van der Waals surface area contributed by atoms with Crippen LogP contribution in [0.2, 0.25) is 0 Å². The Bertz CT molecular complexity index is 776. The molecular weight excluding hydrogens is 424 g/mol. The SMILES string of the molecule is CCCNC(=O)CN1CCN(C(=O)c2cc(S(N)(=O)=O)ccc2Br)CC1. The third kappa shape index (κ3) is 5.50. The normalized spacial score (nSPS) is 15.7. The molecule has 26 heavy (non-hydrogen) atoms. The van der Waals surface area contributed by atoms with Crippen LogP contribution in [0.25, 0.3) is 0 Å². The van der Waals surface area contributed by atoms with Gasteiger partial charge in [-0.1, -0.05) is 6.92 Å². The number of benzene rings is 1. The maximum atomic E-state index is 12.7. The van der Waals surface area contributed by atoms with Crippen molar-refractivity contribution in [3.63, 3.8) is 0 Å². The maximum absolute atomic E-state index is 12.7. The molecule has 0 bridgehead atoms. The van der Waals surface area contributed by atoms with Gasteiger partial charge in [-0.3, -0.25) is 14.5 Å². The van der Waals surface area contributed by atoms with Gasteiger partial charge < -0.3 is 10.2 Å². The lowest BCUT2D eigenvalue weighted by atomic mass is 10.2. The molecule has 1 saturated heterocycles. The number of nitrogens with one attached hydrogen (secondary N) is 1. The predicted molar refractivity (Wildman–Crippen MR) is 101 cm³/mol. The van der Waals surface area contributed by atoms with E-state index in [0.717, 1.165) is 6.42 Å². The van der Waals surface area contributed by atoms with E-state index in [1.165, 1.54) is 18.2 Å². The molecule has 2 amide bonds. The number of hydrogen-bond donors (Lipinski definition) is 2. The number of carbonyl (C=O) groups excluding carboxylic acids is 2. The van der Waals surface area contributed by atoms with E-state index in [0.29, 0.717) is 43.7 Å². The third-order valence-electron chi connectivity index (χ3n) is 4.10. The zero-order chi connectivity index (χ0) is 19.3. The summed E-state index contributed by atoms with van der Waals surface area (Å²) >= 11 is 3.29. The molecule has 0 radical (unpaired) electrons. The summed E-state index contributed by atoms with van der Waals surface area (Å²) in [5, 5.41) is 7.97. The number of piperazine rings is 1. The molecule has 1 heterocycles. The van der Waals surface area contributed by atoms with Gasteiger partial charge in [0.2, 0.25) is 15.9 Å². The van der Waals surface area contributed by atoms with Crippen molar-refractivity contribution in [2.45, 2.75) is 18.2 Å². The molecule has 0 aliphatic carbocycles. The molecule has 0 unspecified atom stereocenters. The molecule has 1 aromatic rings. The van der Waals surface area contributed by atoms with Crippen LogP contribution >= 0.6 is 15.9 Å². The first-order valence-corrected chi connectivity index (χ1v) is 10.7. The van der Waals surface area contributed by atoms with Gasteiger partial charge in [-0.25, -0.2) is 13.6 Å². The molecule has 0 spiro atoms. The number of rotatable bonds is 6. The summed E-state index contributed by atoms with van der Waals surface area (Å²) in [6.07, 6.45) is 0.889. The monoisotopic (exact) mass is 446 g/mol. The van der Waals surface area contributed by atoms with Crippen molar-refractivity contribution >= 4 is 37.8 Å². The van der Waals surface area contributed by atoms with Crippen LogP contribution < -0.4 is 10.5 Å². The topological polar surface area (TPSA) is 113 Å². The number of primary sulfonamides is 1. The zero-order valence-corrected chi connectivity index (χ0v) is 17.0. The smallest absolute Gasteiger partial charge is 0.255 e. The van der Waals surface area contributed by atoms with Crippen LogP contribution in [-0.4, -0.2) is 69.3 Å². The lowest BCUT2D eigenvalue weighted by Gasteiger charge is -2.34. The highest BCUT2D eigenvalue weighted by Crippen LogP contribution is 2.22. The van der Waals surface area contributed by atoms with Crippen LogP contribution in [0.3, 0.4) is 0 Å². The Morgan fingerprint density at radius 1 is 1.23 bits per heavy atom. The summed E-state index contributed by atoms with van der Waals surface area (Å²) in [5.74, 6) is -0.285. The van der Waals surface area contributed by atoms with E-state index in [1.807, 2.05) is 11.8 Å². The fourth-order valence-corrected chi connectivity index (χ4v) is 3.60. The average Bonchev–Trinajstić information content (AvgIpc) is 2.59. The van der Waals surface area contributed by atoms with Gasteiger partial charge in [0.1, 0.15) is 0 Å². The van der Waals surface area contributed by atoms with E-state index in [2.05, 4.69) is 21.2 Å². The van der Waals surface area contributed by atoms with Gasteiger partial charge in [0.25, 0.3) is 5.91 Å². The first-order chi connectivity index (χ1) is 12.2. The van der Waals surface area contributed by atoms with Crippen molar-refractivity contribution in [3.8, 4) is 0 Å². The third-order valence-corrected chi connectivity index (χ3v) is 5.70. The molecular formula is C16H23BrN4O4S. The van der Waals surface area contributed by atoms with Crippen LogP contribution in [-0.2, 0) is 14.8 Å². The van der Waals surface area contributed by atoms with Crippen molar-refractivity contribution in [2.75, 3.05) is 39.3 Å². The molecule has 0 saturated carbocycles. The van der Waals surface area contributed by atoms with E-state index in [9.17, 15) is 18.0 Å². The summed E-state index contributed by atoms with van der Waals surface area (Å²) in [6.45, 7) is 5.06. The molecule has 144 valence electrons. The number of amides is 2. The molecule has 1 aliphatic heterocycles. The van der Waals surface area contributed by atoms with Crippen LogP contribution in [0.1, 0.15) is 23.7 Å². The molecule has 10 heteroatoms. The zero-order valence-electron chi connectivity index (χ0n) is 14.6. The number of hydrogen-bond acceptors (Lipinski definition) is 5. The van der Waals surface area contributed by atoms with E-state index in [1.54, 1.807) is 4.90 Å². The van der Waals surface area contributed by atoms with Crippen LogP contribution in [0, 0.1) is 0 Å². The number of carbonyl (C=O) groups is 2. The van der Waals surface area contributed by atoms with E-state index in [4.69, 9.17) is 5.14 Å². The highest BCUT2D eigenvalue weighted by Gasteiger charge is 2.25. The molecule has 1 aromatic carbocycles. The highest BCUT2D eigenvalue weighted by molar-refractivity contribution is 9.10. The molecule has 1 aliphatic rings. The molecule has 3 N–H and O–H groups in total. The number of halogens is 1. The Balaban J connectivity index is 1.99. The Kier molecular flexibility index (Phi) is 7.16. The fraction of sp³-hybridized carbons (Fsp3) is 0.500. The number of sulfonamides is 1. The Morgan fingerprint density at radius 2 is 1.88 bits per heavy atom. The fourth-order valence-electron chi connectivity index (χ4n) is 2.65. The van der Waals surface area contributed by atoms with Crippen LogP contribution in [0.5, 0.6) is 0 Å². The standard InChI is InChI=1S/C16H23BrN4O4S/c1-2-5-19-15(22)11-20-6-8-21(9-7-20)16(23)13-10-12(26(18,24)25)3-4-14(13)17/h3-4,10H,2,5-9,11H2,1H3,(H,19,22)(H2,18,24,25). The summed E-state index contributed by atoms with van der Waals surface area (Å²) in [6, 6.07) is 4.14. The van der Waals surface area contributed by atoms with Crippen LogP contribution in [0.4, 0.5) is 0 Å². The Morgan fingerprint density at radius 3 is 2.46 bits per heavy atom. The first kappa shape index (κ1) is 20.8. The van der Waals surface area contributed by atoms with E-state index >= 15 is 0 Å². The van der Waals surface area contributed by atoms with Gasteiger partial charge >= 0.3 is 0 Å². The largest absolute Gasteiger partial charge is 0.355 e. The van der Waals surface area contributed by atoms with Crippen molar-refractivity contribution in [3.05, 3.63) is 28.2 Å². The van der Waals surface area contributed by atoms with Crippen LogP contribution in [0.15, 0.2) is 27.6 Å². The van der Waals surface area contributed by atoms with Gasteiger partial charge in [0, 0.05) is 37.2 Å². The Labute approximate surface area is 161 Å². The van der Waals surface area contributed by atoms with Gasteiger partial charge in [0.15, 0.2) is 0 Å². The quantitative estimate of drug-likeness (QED) is 0.655. The lowest BCUT2D eigenvalue weighted by molar-refractivity contribution is -0.122. The number of nitrogens with two attached hydrogens (primary N) is 1. The van der Waals surface area contributed by atoms with Crippen molar-refractivity contribution in [1.82, 2.24) is 15.1 Å². The first-order valence-electron chi connectivity index (χ1n) is 8.33. The second kappa shape index (κ2) is 8.94. The molecule has 2 rings (SSSR count). The van der Waals surface area contributed by atoms with Gasteiger partial charge in [-0.05, 0) is 40.5 Å². The molecule has 0 aromatic heterocycles. The summed E-state index contributed by atoms with van der Waals surface area (Å²) in [7, 11) is -3.88. The summed E-state index contributed by atoms with van der Waals surface area (Å²) in [5.41, 5.74) is 0.255. The minimum atomic E-state index is -3.88. The van der Waals surface area contributed by atoms with Gasteiger partial charge in [-0.2, -0.15) is 0 Å². The minimum absolute atomic E-state index is 0.0183. The molecule has 8 nitrogen and oxygen atoms in total. The number of nitrogens with zero attached hydrogens (tertiary/aromatic N) is 2. The van der Waals surface area contributed by atoms with Gasteiger partial charge in [-0.15, -0.1) is 0 Å². The van der Waals surface area contributed by atoms with E-state index < -0.39 is 10.0 Å². The summed E-state index contributed by atoms with van der Waals surface area (Å²) in [4.78, 5) is 28.0. The maximum Gasteiger partial charge on any atom is 0.255 e. The lowest BCUT2D eigenvalue weighted by Crippen LogP contribution is -2.51. The second-order valence-electron chi connectivity index (χ2n) is 6.10. The molecule has 1 fully saturated rings. The van der Waals surface area contributed by atoms with Gasteiger partial charge in [0.05, 0.1) is 17.0 Å². The van der Waals surface area contributed by atoms with E-state index in [-0.39, 0.29) is 22.3 Å². The average molecular weight is 447 g/mol. The Hall–Kier alpha value is -1.49. The summed E-state index contributed by atoms with van der Waals surface area (Å²) < 4.78 is 23.5. The van der Waals surface area contributed by atoms with Crippen molar-refractivity contribution in [2.24, 2.45) is 5.14 Å². The minimum Gasteiger partial charge on any atom is -0.355 e. The highest BCUT2D eigenvalue weighted by atomic mass is 79.9. The second-order valence-corrected chi connectivity index (χ2v) is 8.52. The molecule has 0 atom stereocenters. The van der Waals surface area contributed by atoms with Crippen molar-refractivity contribution in [1.29, 1.82) is 0 Å².